The number of hydrogen-bond acceptors (Lipinski definition) is 5. The van der Waals surface area contributed by atoms with Gasteiger partial charge in [0.25, 0.3) is 5.91 Å². The van der Waals surface area contributed by atoms with Gasteiger partial charge in [-0.3, -0.25) is 9.89 Å². The van der Waals surface area contributed by atoms with Crippen LogP contribution >= 0.6 is 15.9 Å². The number of nitrogen functional groups attached to an aromatic ring is 1. The molecule has 0 unspecified atom stereocenters. The number of hydrogen-bond donors (Lipinski definition) is 3. The maximum Gasteiger partial charge on any atom is 0.277 e. The summed E-state index contributed by atoms with van der Waals surface area (Å²) in [5.41, 5.74) is 7.91. The summed E-state index contributed by atoms with van der Waals surface area (Å²) in [7, 11) is 0. The summed E-state index contributed by atoms with van der Waals surface area (Å²) in [6.45, 7) is 4.17. The lowest BCUT2D eigenvalue weighted by atomic mass is 10.1. The lowest BCUT2D eigenvalue weighted by Gasteiger charge is -2.08. The summed E-state index contributed by atoms with van der Waals surface area (Å²) in [6.07, 6.45) is 0. The molecule has 0 atom stereocenters. The highest BCUT2D eigenvalue weighted by atomic mass is 79.9. The van der Waals surface area contributed by atoms with Gasteiger partial charge in [-0.15, -0.1) is 0 Å². The molecule has 1 aliphatic heterocycles. The van der Waals surface area contributed by atoms with Crippen molar-refractivity contribution >= 4 is 33.2 Å². The molecule has 7 nitrogen and oxygen atoms in total. The van der Waals surface area contributed by atoms with E-state index in [9.17, 15) is 4.79 Å². The molecule has 22 heavy (non-hydrogen) atoms. The molecule has 0 fully saturated rings. The Hall–Kier alpha value is -2.22. The van der Waals surface area contributed by atoms with Gasteiger partial charge in [0.05, 0.1) is 21.5 Å². The Morgan fingerprint density at radius 2 is 2.09 bits per heavy atom. The topological polar surface area (TPSA) is 102 Å². The van der Waals surface area contributed by atoms with Crippen LogP contribution in [0.15, 0.2) is 16.6 Å². The van der Waals surface area contributed by atoms with E-state index in [2.05, 4.69) is 31.4 Å². The minimum Gasteiger partial charge on any atom is -0.454 e. The molecular weight excluding hydrogens is 352 g/mol. The molecule has 2 aromatic rings. The van der Waals surface area contributed by atoms with E-state index < -0.39 is 0 Å². The summed E-state index contributed by atoms with van der Waals surface area (Å²) in [4.78, 5) is 12.4. The van der Waals surface area contributed by atoms with Crippen molar-refractivity contribution in [2.24, 2.45) is 0 Å². The number of carbonyl (C=O) groups excluding carboxylic acids is 1. The molecule has 0 saturated heterocycles. The van der Waals surface area contributed by atoms with Gasteiger partial charge in [-0.05, 0) is 21.8 Å². The number of benzene rings is 1. The van der Waals surface area contributed by atoms with E-state index in [1.54, 1.807) is 12.1 Å². The van der Waals surface area contributed by atoms with Gasteiger partial charge in [-0.2, -0.15) is 5.10 Å². The van der Waals surface area contributed by atoms with Crippen molar-refractivity contribution < 1.29 is 14.3 Å². The molecule has 0 aliphatic carbocycles. The quantitative estimate of drug-likeness (QED) is 0.724. The largest absolute Gasteiger partial charge is 0.454 e. The SMILES string of the molecule is CC(C)c1[nH]nc(C(=O)Nc2cc3c(cc2N)OCO3)c1Br. The molecule has 1 amide bonds. The normalized spacial score (nSPS) is 12.7. The maximum absolute atomic E-state index is 12.4. The fraction of sp³-hybridized carbons (Fsp3) is 0.286. The molecule has 0 radical (unpaired) electrons. The Morgan fingerprint density at radius 1 is 1.41 bits per heavy atom. The van der Waals surface area contributed by atoms with Crippen molar-refractivity contribution in [2.75, 3.05) is 17.8 Å². The molecule has 0 bridgehead atoms. The number of H-pyrrole nitrogens is 1. The van der Waals surface area contributed by atoms with Crippen LogP contribution < -0.4 is 20.5 Å². The van der Waals surface area contributed by atoms with Gasteiger partial charge in [0.2, 0.25) is 6.79 Å². The zero-order valence-electron chi connectivity index (χ0n) is 12.1. The number of halogens is 1. The molecule has 1 aromatic carbocycles. The van der Waals surface area contributed by atoms with Crippen LogP contribution in [-0.4, -0.2) is 22.9 Å². The van der Waals surface area contributed by atoms with E-state index in [1.807, 2.05) is 13.8 Å². The van der Waals surface area contributed by atoms with Gasteiger partial charge < -0.3 is 20.5 Å². The van der Waals surface area contributed by atoms with Gasteiger partial charge in [0.15, 0.2) is 17.2 Å². The summed E-state index contributed by atoms with van der Waals surface area (Å²) in [6, 6.07) is 3.26. The van der Waals surface area contributed by atoms with Gasteiger partial charge in [-0.1, -0.05) is 13.8 Å². The lowest BCUT2D eigenvalue weighted by molar-refractivity contribution is 0.102. The summed E-state index contributed by atoms with van der Waals surface area (Å²) < 4.78 is 11.2. The second-order valence-electron chi connectivity index (χ2n) is 5.20. The Morgan fingerprint density at radius 3 is 2.73 bits per heavy atom. The number of carbonyl (C=O) groups is 1. The molecule has 4 N–H and O–H groups in total. The number of ether oxygens (including phenoxy) is 2. The smallest absolute Gasteiger partial charge is 0.277 e. The Bertz CT molecular complexity index is 742. The monoisotopic (exact) mass is 366 g/mol. The third-order valence-corrected chi connectivity index (χ3v) is 4.12. The van der Waals surface area contributed by atoms with Crippen molar-refractivity contribution in [3.63, 3.8) is 0 Å². The van der Waals surface area contributed by atoms with Crippen LogP contribution in [0.4, 0.5) is 11.4 Å². The van der Waals surface area contributed by atoms with Crippen LogP contribution in [0.2, 0.25) is 0 Å². The Balaban J connectivity index is 1.86. The van der Waals surface area contributed by atoms with Gasteiger partial charge in [-0.25, -0.2) is 0 Å². The van der Waals surface area contributed by atoms with E-state index in [0.717, 1.165) is 5.69 Å². The molecule has 1 aromatic heterocycles. The molecule has 1 aliphatic rings. The van der Waals surface area contributed by atoms with Crippen LogP contribution in [0.5, 0.6) is 11.5 Å². The average molecular weight is 367 g/mol. The van der Waals surface area contributed by atoms with Crippen molar-refractivity contribution in [2.45, 2.75) is 19.8 Å². The van der Waals surface area contributed by atoms with Crippen LogP contribution in [0, 0.1) is 0 Å². The second kappa shape index (κ2) is 5.53. The van der Waals surface area contributed by atoms with Crippen LogP contribution in [0.3, 0.4) is 0 Å². The number of rotatable bonds is 3. The van der Waals surface area contributed by atoms with E-state index in [0.29, 0.717) is 27.3 Å². The predicted octanol–water partition coefficient (Wildman–Crippen LogP) is 2.86. The first kappa shape index (κ1) is 14.7. The molecular formula is C14H15BrN4O3. The highest BCUT2D eigenvalue weighted by Crippen LogP contribution is 2.38. The van der Waals surface area contributed by atoms with Crippen molar-refractivity contribution in [1.82, 2.24) is 10.2 Å². The van der Waals surface area contributed by atoms with E-state index in [1.165, 1.54) is 0 Å². The lowest BCUT2D eigenvalue weighted by Crippen LogP contribution is -2.14. The minimum atomic E-state index is -0.361. The average Bonchev–Trinajstić information content (AvgIpc) is 3.05. The van der Waals surface area contributed by atoms with Crippen LogP contribution in [0.25, 0.3) is 0 Å². The molecule has 116 valence electrons. The Labute approximate surface area is 135 Å². The number of aromatic nitrogens is 2. The van der Waals surface area contributed by atoms with E-state index in [-0.39, 0.29) is 24.3 Å². The summed E-state index contributed by atoms with van der Waals surface area (Å²) >= 11 is 3.40. The van der Waals surface area contributed by atoms with Crippen molar-refractivity contribution in [3.05, 3.63) is 28.0 Å². The van der Waals surface area contributed by atoms with E-state index in [4.69, 9.17) is 15.2 Å². The third-order valence-electron chi connectivity index (χ3n) is 3.32. The second-order valence-corrected chi connectivity index (χ2v) is 5.99. The minimum absolute atomic E-state index is 0.148. The highest BCUT2D eigenvalue weighted by Gasteiger charge is 2.22. The maximum atomic E-state index is 12.4. The summed E-state index contributed by atoms with van der Waals surface area (Å²) in [5, 5.41) is 9.65. The molecule has 2 heterocycles. The number of aromatic amines is 1. The number of amides is 1. The Kier molecular flexibility index (Phi) is 3.69. The first-order chi connectivity index (χ1) is 10.5. The van der Waals surface area contributed by atoms with Crippen LogP contribution in [-0.2, 0) is 0 Å². The molecule has 0 saturated carbocycles. The summed E-state index contributed by atoms with van der Waals surface area (Å²) in [5.74, 6) is 0.978. The molecule has 3 rings (SSSR count). The highest BCUT2D eigenvalue weighted by molar-refractivity contribution is 9.10. The number of nitrogens with one attached hydrogen (secondary N) is 2. The fourth-order valence-electron chi connectivity index (χ4n) is 2.12. The van der Waals surface area contributed by atoms with Gasteiger partial charge in [0.1, 0.15) is 0 Å². The molecule has 0 spiro atoms. The number of fused-ring (bicyclic) bond motifs is 1. The zero-order valence-corrected chi connectivity index (χ0v) is 13.7. The first-order valence-electron chi connectivity index (χ1n) is 6.71. The zero-order chi connectivity index (χ0) is 15.9. The fourth-order valence-corrected chi connectivity index (χ4v) is 2.94. The van der Waals surface area contributed by atoms with Crippen molar-refractivity contribution in [3.8, 4) is 11.5 Å². The predicted molar refractivity (Wildman–Crippen MR) is 85.3 cm³/mol. The first-order valence-corrected chi connectivity index (χ1v) is 7.51. The van der Waals surface area contributed by atoms with Crippen LogP contribution in [0.1, 0.15) is 35.9 Å². The van der Waals surface area contributed by atoms with E-state index >= 15 is 0 Å². The standard InChI is InChI=1S/C14H15BrN4O3/c1-6(2)12-11(15)13(19-18-12)14(20)17-8-4-10-9(3-7(8)16)21-5-22-10/h3-4,6H,5,16H2,1-2H3,(H,17,20)(H,18,19). The molecule has 8 heteroatoms. The number of nitrogens with two attached hydrogens (primary N) is 1. The third kappa shape index (κ3) is 2.50. The van der Waals surface area contributed by atoms with Gasteiger partial charge >= 0.3 is 0 Å². The number of anilines is 2. The van der Waals surface area contributed by atoms with Crippen molar-refractivity contribution in [1.29, 1.82) is 0 Å². The number of nitrogens with zero attached hydrogens (tertiary/aromatic N) is 1. The van der Waals surface area contributed by atoms with Gasteiger partial charge in [0, 0.05) is 12.1 Å².